The van der Waals surface area contributed by atoms with E-state index in [-0.39, 0.29) is 17.3 Å². The van der Waals surface area contributed by atoms with Crippen LogP contribution in [0.15, 0.2) is 103 Å². The van der Waals surface area contributed by atoms with Gasteiger partial charge in [-0.05, 0) is 53.6 Å². The molecule has 4 nitrogen and oxygen atoms in total. The molecule has 0 unspecified atom stereocenters. The van der Waals surface area contributed by atoms with Crippen LogP contribution in [0.4, 0.5) is 10.1 Å². The third kappa shape index (κ3) is 3.20. The number of rotatable bonds is 3. The van der Waals surface area contributed by atoms with Gasteiger partial charge in [0, 0.05) is 33.3 Å². The molecule has 3 atom stereocenters. The van der Waals surface area contributed by atoms with Crippen molar-refractivity contribution in [1.82, 2.24) is 0 Å². The summed E-state index contributed by atoms with van der Waals surface area (Å²) < 4.78 is 13.8. The molecule has 4 aromatic carbocycles. The van der Waals surface area contributed by atoms with Gasteiger partial charge in [0.25, 0.3) is 0 Å². The summed E-state index contributed by atoms with van der Waals surface area (Å²) in [5.41, 5.74) is 1.76. The van der Waals surface area contributed by atoms with Gasteiger partial charge < -0.3 is 4.90 Å². The second-order valence-electron chi connectivity index (χ2n) is 10.2. The normalized spacial score (nSPS) is 22.1. The van der Waals surface area contributed by atoms with Crippen LogP contribution >= 0.6 is 11.6 Å². The highest BCUT2D eigenvalue weighted by molar-refractivity contribution is 6.32. The standard InChI is InChI=1S/C33H21ClFNO3/c34-22-14-9-20(10-15-22)28-29(30(37)21-11-16-23(35)17-12-21)36-26-8-4-1-5-19(26)13-18-27(36)33(28)31(38)24-6-2-3-7-25(24)32(33)39/h1-18,27-29H/t27-,28+,29-/m1/s1. The lowest BCUT2D eigenvalue weighted by Crippen LogP contribution is -2.48. The van der Waals surface area contributed by atoms with Crippen LogP contribution in [0.3, 0.4) is 0 Å². The van der Waals surface area contributed by atoms with E-state index in [4.69, 9.17) is 11.6 Å². The molecule has 0 N–H and O–H groups in total. The molecule has 0 saturated carbocycles. The Labute approximate surface area is 229 Å². The minimum Gasteiger partial charge on any atom is -0.352 e. The number of para-hydroxylation sites is 1. The van der Waals surface area contributed by atoms with Crippen LogP contribution in [0.5, 0.6) is 0 Å². The van der Waals surface area contributed by atoms with Gasteiger partial charge in [-0.2, -0.15) is 0 Å². The van der Waals surface area contributed by atoms with Gasteiger partial charge in [-0.3, -0.25) is 14.4 Å². The second kappa shape index (κ2) is 8.58. The molecule has 190 valence electrons. The number of Topliss-reactive ketones (excluding diaryl/α,β-unsaturated/α-hetero) is 3. The van der Waals surface area contributed by atoms with Crippen molar-refractivity contribution in [2.24, 2.45) is 5.41 Å². The zero-order chi connectivity index (χ0) is 26.9. The minimum absolute atomic E-state index is 0.293. The Kier molecular flexibility index (Phi) is 5.23. The smallest absolute Gasteiger partial charge is 0.185 e. The summed E-state index contributed by atoms with van der Waals surface area (Å²) in [6.45, 7) is 0. The molecule has 0 radical (unpaired) electrons. The Hall–Kier alpha value is -4.35. The molecule has 2 heterocycles. The number of ketones is 3. The maximum atomic E-state index is 14.5. The predicted molar refractivity (Wildman–Crippen MR) is 148 cm³/mol. The molecule has 1 fully saturated rings. The zero-order valence-electron chi connectivity index (χ0n) is 20.6. The summed E-state index contributed by atoms with van der Waals surface area (Å²) in [6.07, 6.45) is 3.80. The summed E-state index contributed by atoms with van der Waals surface area (Å²) in [5.74, 6) is -2.17. The van der Waals surface area contributed by atoms with Crippen LogP contribution in [-0.4, -0.2) is 29.4 Å². The van der Waals surface area contributed by atoms with Crippen molar-refractivity contribution in [3.8, 4) is 0 Å². The van der Waals surface area contributed by atoms with E-state index in [2.05, 4.69) is 0 Å². The van der Waals surface area contributed by atoms with Crippen molar-refractivity contribution < 1.29 is 18.8 Å². The van der Waals surface area contributed by atoms with Crippen molar-refractivity contribution in [2.45, 2.75) is 18.0 Å². The van der Waals surface area contributed by atoms with Crippen molar-refractivity contribution in [3.05, 3.63) is 142 Å². The summed E-state index contributed by atoms with van der Waals surface area (Å²) in [7, 11) is 0. The second-order valence-corrected chi connectivity index (χ2v) is 10.6. The number of carbonyl (C=O) groups is 3. The molecule has 0 amide bonds. The molecule has 1 spiro atoms. The van der Waals surface area contributed by atoms with E-state index in [1.54, 1.807) is 48.5 Å². The highest BCUT2D eigenvalue weighted by Gasteiger charge is 2.71. The van der Waals surface area contributed by atoms with Crippen LogP contribution in [0.25, 0.3) is 6.08 Å². The Bertz CT molecular complexity index is 1670. The third-order valence-corrected chi connectivity index (χ3v) is 8.59. The average Bonchev–Trinajstić information content (AvgIpc) is 3.40. The van der Waals surface area contributed by atoms with Crippen LogP contribution in [-0.2, 0) is 0 Å². The quantitative estimate of drug-likeness (QED) is 0.215. The third-order valence-electron chi connectivity index (χ3n) is 8.34. The maximum Gasteiger partial charge on any atom is 0.185 e. The lowest BCUT2D eigenvalue weighted by Gasteiger charge is -2.37. The molecule has 0 bridgehead atoms. The first-order valence-corrected chi connectivity index (χ1v) is 13.1. The summed E-state index contributed by atoms with van der Waals surface area (Å²) in [6, 6.07) is 25.3. The Morgan fingerprint density at radius 3 is 2.08 bits per heavy atom. The van der Waals surface area contributed by atoms with Gasteiger partial charge >= 0.3 is 0 Å². The zero-order valence-corrected chi connectivity index (χ0v) is 21.3. The van der Waals surface area contributed by atoms with Crippen molar-refractivity contribution >= 4 is 40.7 Å². The Balaban J connectivity index is 1.54. The SMILES string of the molecule is O=C(c1ccc(F)cc1)[C@H]1[C@H](c2ccc(Cl)cc2)C2(C(=O)c3ccccc3C2=O)[C@H]2C=Cc3ccccc3N12. The van der Waals surface area contributed by atoms with E-state index >= 15 is 0 Å². The fourth-order valence-electron chi connectivity index (χ4n) is 6.75. The monoisotopic (exact) mass is 533 g/mol. The van der Waals surface area contributed by atoms with E-state index in [1.807, 2.05) is 41.3 Å². The topological polar surface area (TPSA) is 54.5 Å². The summed E-state index contributed by atoms with van der Waals surface area (Å²) in [4.78, 5) is 45.5. The van der Waals surface area contributed by atoms with Gasteiger partial charge in [0.1, 0.15) is 17.3 Å². The molecule has 3 aliphatic rings. The summed E-state index contributed by atoms with van der Waals surface area (Å²) >= 11 is 6.24. The number of halogens is 2. The lowest BCUT2D eigenvalue weighted by molar-refractivity contribution is 0.0666. The van der Waals surface area contributed by atoms with Gasteiger partial charge in [-0.1, -0.05) is 78.4 Å². The molecule has 1 saturated heterocycles. The molecule has 4 aromatic rings. The number of nitrogens with zero attached hydrogens (tertiary/aromatic N) is 1. The van der Waals surface area contributed by atoms with E-state index in [9.17, 15) is 18.8 Å². The lowest BCUT2D eigenvalue weighted by atomic mass is 9.64. The van der Waals surface area contributed by atoms with Crippen molar-refractivity contribution in [1.29, 1.82) is 0 Å². The van der Waals surface area contributed by atoms with Gasteiger partial charge in [0.05, 0.1) is 6.04 Å². The minimum atomic E-state index is -1.58. The Morgan fingerprint density at radius 2 is 1.41 bits per heavy atom. The van der Waals surface area contributed by atoms with E-state index in [0.29, 0.717) is 27.3 Å². The largest absolute Gasteiger partial charge is 0.352 e. The van der Waals surface area contributed by atoms with Crippen LogP contribution in [0.1, 0.15) is 48.1 Å². The molecule has 0 aromatic heterocycles. The number of hydrogen-bond acceptors (Lipinski definition) is 4. The Morgan fingerprint density at radius 1 is 0.795 bits per heavy atom. The fourth-order valence-corrected chi connectivity index (χ4v) is 6.87. The number of fused-ring (bicyclic) bond motifs is 5. The van der Waals surface area contributed by atoms with E-state index < -0.39 is 29.2 Å². The van der Waals surface area contributed by atoms with E-state index in [0.717, 1.165) is 11.3 Å². The molecule has 7 rings (SSSR count). The highest BCUT2D eigenvalue weighted by Crippen LogP contribution is 2.61. The number of hydrogen-bond donors (Lipinski definition) is 0. The first-order chi connectivity index (χ1) is 18.9. The summed E-state index contributed by atoms with van der Waals surface area (Å²) in [5, 5.41) is 0.502. The van der Waals surface area contributed by atoms with Crippen molar-refractivity contribution in [2.75, 3.05) is 4.90 Å². The predicted octanol–water partition coefficient (Wildman–Crippen LogP) is 6.80. The van der Waals surface area contributed by atoms with Crippen LogP contribution in [0, 0.1) is 11.2 Å². The number of anilines is 1. The van der Waals surface area contributed by atoms with Gasteiger partial charge in [0.15, 0.2) is 17.3 Å². The number of carbonyl (C=O) groups excluding carboxylic acids is 3. The van der Waals surface area contributed by atoms with Crippen molar-refractivity contribution in [3.63, 3.8) is 0 Å². The van der Waals surface area contributed by atoms with Crippen LogP contribution in [0.2, 0.25) is 5.02 Å². The average molecular weight is 534 g/mol. The van der Waals surface area contributed by atoms with Gasteiger partial charge in [-0.25, -0.2) is 4.39 Å². The fraction of sp³-hybridized carbons (Fsp3) is 0.121. The van der Waals surface area contributed by atoms with Crippen LogP contribution < -0.4 is 4.90 Å². The van der Waals surface area contributed by atoms with E-state index in [1.165, 1.54) is 24.3 Å². The first-order valence-electron chi connectivity index (χ1n) is 12.7. The molecule has 1 aliphatic carbocycles. The highest BCUT2D eigenvalue weighted by atomic mass is 35.5. The molecule has 6 heteroatoms. The first kappa shape index (κ1) is 23.7. The molecular formula is C33H21ClFNO3. The number of benzene rings is 4. The molecule has 39 heavy (non-hydrogen) atoms. The van der Waals surface area contributed by atoms with Gasteiger partial charge in [-0.15, -0.1) is 0 Å². The van der Waals surface area contributed by atoms with Gasteiger partial charge in [0.2, 0.25) is 0 Å². The molecular weight excluding hydrogens is 513 g/mol. The molecule has 2 aliphatic heterocycles. The maximum absolute atomic E-state index is 14.5.